The third-order valence-corrected chi connectivity index (χ3v) is 5.19. The van der Waals surface area contributed by atoms with Crippen LogP contribution < -0.4 is 10.6 Å². The molecule has 1 fully saturated rings. The van der Waals surface area contributed by atoms with Gasteiger partial charge in [0.15, 0.2) is 0 Å². The monoisotopic (exact) mass is 386 g/mol. The lowest BCUT2D eigenvalue weighted by Crippen LogP contribution is -2.38. The number of nitrogens with one attached hydrogen (secondary N) is 2. The zero-order chi connectivity index (χ0) is 20.1. The summed E-state index contributed by atoms with van der Waals surface area (Å²) >= 11 is 0. The molecule has 1 saturated carbocycles. The summed E-state index contributed by atoms with van der Waals surface area (Å²) in [5.41, 5.74) is 1.21. The fourth-order valence-electron chi connectivity index (χ4n) is 3.65. The van der Waals surface area contributed by atoms with E-state index in [1.165, 1.54) is 0 Å². The van der Waals surface area contributed by atoms with Gasteiger partial charge in [-0.3, -0.25) is 4.79 Å². The summed E-state index contributed by atoms with van der Waals surface area (Å²) < 4.78 is 0. The third kappa shape index (κ3) is 5.39. The van der Waals surface area contributed by atoms with Crippen molar-refractivity contribution < 1.29 is 15.0 Å². The van der Waals surface area contributed by atoms with Crippen molar-refractivity contribution in [2.24, 2.45) is 5.92 Å². The van der Waals surface area contributed by atoms with E-state index in [4.69, 9.17) is 0 Å². The molecule has 1 heterocycles. The third-order valence-electron chi connectivity index (χ3n) is 5.19. The van der Waals surface area contributed by atoms with Gasteiger partial charge in [0.1, 0.15) is 0 Å². The van der Waals surface area contributed by atoms with Crippen molar-refractivity contribution in [1.82, 2.24) is 15.3 Å². The first kappa shape index (κ1) is 20.5. The Balaban J connectivity index is 1.71. The predicted octanol–water partition coefficient (Wildman–Crippen LogP) is 2.48. The number of aliphatic hydroxyl groups is 2. The zero-order valence-electron chi connectivity index (χ0n) is 16.6. The molecule has 1 amide bonds. The van der Waals surface area contributed by atoms with Gasteiger partial charge in [-0.25, -0.2) is 9.97 Å². The Kier molecular flexibility index (Phi) is 6.80. The first-order valence-corrected chi connectivity index (χ1v) is 10.1. The molecule has 7 heteroatoms. The minimum Gasteiger partial charge on any atom is -0.394 e. The minimum absolute atomic E-state index is 0.0795. The van der Waals surface area contributed by atoms with E-state index in [1.807, 2.05) is 6.07 Å². The second kappa shape index (κ2) is 9.30. The summed E-state index contributed by atoms with van der Waals surface area (Å²) in [6.07, 6.45) is 5.64. The Labute approximate surface area is 165 Å². The van der Waals surface area contributed by atoms with Crippen LogP contribution in [-0.2, 0) is 0 Å². The van der Waals surface area contributed by atoms with Gasteiger partial charge in [-0.15, -0.1) is 0 Å². The molecule has 0 bridgehead atoms. The fourth-order valence-corrected chi connectivity index (χ4v) is 3.65. The average Bonchev–Trinajstić information content (AvgIpc) is 2.68. The van der Waals surface area contributed by atoms with E-state index in [9.17, 15) is 15.0 Å². The van der Waals surface area contributed by atoms with Gasteiger partial charge in [-0.05, 0) is 50.2 Å². The van der Waals surface area contributed by atoms with E-state index in [1.54, 1.807) is 18.3 Å². The molecule has 2 aromatic rings. The van der Waals surface area contributed by atoms with Crippen LogP contribution in [0.4, 0.5) is 5.95 Å². The Morgan fingerprint density at radius 1 is 1.25 bits per heavy atom. The number of amides is 1. The highest BCUT2D eigenvalue weighted by Crippen LogP contribution is 2.22. The van der Waals surface area contributed by atoms with Gasteiger partial charge in [0.25, 0.3) is 5.91 Å². The molecule has 1 atom stereocenters. The molecule has 0 unspecified atom stereocenters. The average molecular weight is 386 g/mol. The van der Waals surface area contributed by atoms with Gasteiger partial charge in [-0.1, -0.05) is 19.9 Å². The maximum absolute atomic E-state index is 12.6. The number of nitrogens with zero attached hydrogens (tertiary/aromatic N) is 2. The number of hydrogen-bond donors (Lipinski definition) is 4. The van der Waals surface area contributed by atoms with Gasteiger partial charge < -0.3 is 20.8 Å². The molecule has 0 spiro atoms. The standard InChI is InChI=1S/C21H30N4O3/c1-13(2)9-17(12-26)23-20(28)14-3-4-15-11-22-21(25-19(15)10-14)24-16-5-7-18(27)8-6-16/h3-4,10-11,13,16-18,26-27H,5-9,12H2,1-2H3,(H,23,28)(H,22,24,25)/t16?,17-,18?/m0/s1. The van der Waals surface area contributed by atoms with Crippen LogP contribution in [0, 0.1) is 5.92 Å². The lowest BCUT2D eigenvalue weighted by molar-refractivity contribution is 0.0908. The molecule has 4 N–H and O–H groups in total. The van der Waals surface area contributed by atoms with Crippen LogP contribution in [0.1, 0.15) is 56.3 Å². The Morgan fingerprint density at radius 3 is 2.68 bits per heavy atom. The van der Waals surface area contributed by atoms with Crippen molar-refractivity contribution in [3.63, 3.8) is 0 Å². The maximum atomic E-state index is 12.6. The van der Waals surface area contributed by atoms with Crippen molar-refractivity contribution in [1.29, 1.82) is 0 Å². The minimum atomic E-state index is -0.257. The van der Waals surface area contributed by atoms with Gasteiger partial charge >= 0.3 is 0 Å². The molecule has 1 aliphatic carbocycles. The normalized spacial score (nSPS) is 20.9. The van der Waals surface area contributed by atoms with Gasteiger partial charge in [-0.2, -0.15) is 0 Å². The van der Waals surface area contributed by atoms with E-state index in [0.717, 1.165) is 37.5 Å². The lowest BCUT2D eigenvalue weighted by atomic mass is 9.93. The maximum Gasteiger partial charge on any atom is 0.251 e. The summed E-state index contributed by atoms with van der Waals surface area (Å²) in [5, 5.41) is 26.2. The van der Waals surface area contributed by atoms with E-state index in [2.05, 4.69) is 34.4 Å². The Bertz CT molecular complexity index is 803. The second-order valence-electron chi connectivity index (χ2n) is 8.10. The van der Waals surface area contributed by atoms with Gasteiger partial charge in [0.2, 0.25) is 5.95 Å². The van der Waals surface area contributed by atoms with Crippen LogP contribution in [0.5, 0.6) is 0 Å². The Morgan fingerprint density at radius 2 is 2.00 bits per heavy atom. The smallest absolute Gasteiger partial charge is 0.251 e. The quantitative estimate of drug-likeness (QED) is 0.582. The highest BCUT2D eigenvalue weighted by Gasteiger charge is 2.20. The number of carbonyl (C=O) groups excluding carboxylic acids is 1. The summed E-state index contributed by atoms with van der Waals surface area (Å²) in [4.78, 5) is 21.5. The summed E-state index contributed by atoms with van der Waals surface area (Å²) in [7, 11) is 0. The predicted molar refractivity (Wildman–Crippen MR) is 109 cm³/mol. The topological polar surface area (TPSA) is 107 Å². The number of hydrogen-bond acceptors (Lipinski definition) is 6. The number of fused-ring (bicyclic) bond motifs is 1. The van der Waals surface area contributed by atoms with Gasteiger partial charge in [0, 0.05) is 23.2 Å². The van der Waals surface area contributed by atoms with E-state index in [-0.39, 0.29) is 30.7 Å². The first-order chi connectivity index (χ1) is 13.4. The number of anilines is 1. The number of carbonyl (C=O) groups is 1. The van der Waals surface area contributed by atoms with Crippen molar-refractivity contribution >= 4 is 22.8 Å². The van der Waals surface area contributed by atoms with E-state index in [0.29, 0.717) is 22.9 Å². The molecule has 1 aromatic heterocycles. The van der Waals surface area contributed by atoms with Crippen molar-refractivity contribution in [2.45, 2.75) is 64.1 Å². The molecule has 0 saturated heterocycles. The summed E-state index contributed by atoms with van der Waals surface area (Å²) in [5.74, 6) is 0.715. The fraction of sp³-hybridized carbons (Fsp3) is 0.571. The van der Waals surface area contributed by atoms with Crippen LogP contribution in [0.25, 0.3) is 10.9 Å². The number of benzene rings is 1. The molecular weight excluding hydrogens is 356 g/mol. The van der Waals surface area contributed by atoms with Crippen LogP contribution >= 0.6 is 0 Å². The van der Waals surface area contributed by atoms with E-state index < -0.39 is 0 Å². The highest BCUT2D eigenvalue weighted by atomic mass is 16.3. The van der Waals surface area contributed by atoms with Crippen LogP contribution in [0.2, 0.25) is 0 Å². The van der Waals surface area contributed by atoms with Gasteiger partial charge in [0.05, 0.1) is 24.3 Å². The SMILES string of the molecule is CC(C)C[C@@H](CO)NC(=O)c1ccc2cnc(NC3CCC(O)CC3)nc2c1. The summed E-state index contributed by atoms with van der Waals surface area (Å²) in [6, 6.07) is 5.34. The molecule has 1 aromatic carbocycles. The number of rotatable bonds is 7. The largest absolute Gasteiger partial charge is 0.394 e. The molecule has 0 aliphatic heterocycles. The van der Waals surface area contributed by atoms with Crippen molar-refractivity contribution in [3.05, 3.63) is 30.0 Å². The summed E-state index contributed by atoms with van der Waals surface area (Å²) in [6.45, 7) is 4.04. The zero-order valence-corrected chi connectivity index (χ0v) is 16.6. The second-order valence-corrected chi connectivity index (χ2v) is 8.10. The molecular formula is C21H30N4O3. The van der Waals surface area contributed by atoms with Crippen LogP contribution in [-0.4, -0.2) is 50.9 Å². The number of aromatic nitrogens is 2. The first-order valence-electron chi connectivity index (χ1n) is 10.1. The van der Waals surface area contributed by atoms with Crippen molar-refractivity contribution in [3.8, 4) is 0 Å². The van der Waals surface area contributed by atoms with Crippen LogP contribution in [0.3, 0.4) is 0 Å². The Hall–Kier alpha value is -2.25. The molecule has 152 valence electrons. The number of aliphatic hydroxyl groups excluding tert-OH is 2. The molecule has 28 heavy (non-hydrogen) atoms. The van der Waals surface area contributed by atoms with Crippen molar-refractivity contribution in [2.75, 3.05) is 11.9 Å². The van der Waals surface area contributed by atoms with E-state index >= 15 is 0 Å². The lowest BCUT2D eigenvalue weighted by Gasteiger charge is -2.26. The van der Waals surface area contributed by atoms with Crippen LogP contribution in [0.15, 0.2) is 24.4 Å². The molecule has 3 rings (SSSR count). The highest BCUT2D eigenvalue weighted by molar-refractivity contribution is 5.97. The molecule has 0 radical (unpaired) electrons. The molecule has 7 nitrogen and oxygen atoms in total. The molecule has 1 aliphatic rings.